The molecule has 0 saturated carbocycles. The minimum atomic E-state index is -3.84. The van der Waals surface area contributed by atoms with E-state index in [4.69, 9.17) is 0 Å². The second kappa shape index (κ2) is 3.92. The molecule has 5 heteroatoms. The summed E-state index contributed by atoms with van der Waals surface area (Å²) in [6.07, 6.45) is 2.03. The van der Waals surface area contributed by atoms with Crippen molar-refractivity contribution in [2.24, 2.45) is 0 Å². The van der Waals surface area contributed by atoms with Crippen molar-refractivity contribution in [3.63, 3.8) is 0 Å². The third-order valence-corrected chi connectivity index (χ3v) is 1.67. The van der Waals surface area contributed by atoms with Crippen LogP contribution in [0.15, 0.2) is 24.1 Å². The lowest BCUT2D eigenvalue weighted by atomic mass is 10.7. The van der Waals surface area contributed by atoms with E-state index in [1.165, 1.54) is 13.0 Å². The van der Waals surface area contributed by atoms with Crippen LogP contribution in [0, 0.1) is 0 Å². The molecular formula is C6H8O4S. The summed E-state index contributed by atoms with van der Waals surface area (Å²) in [6, 6.07) is 0. The summed E-state index contributed by atoms with van der Waals surface area (Å²) in [5.41, 5.74) is 0. The third kappa shape index (κ3) is 4.32. The zero-order chi connectivity index (χ0) is 8.91. The molecule has 0 fully saturated rings. The zero-order valence-electron chi connectivity index (χ0n) is 5.98. The molecule has 0 aliphatic rings. The highest BCUT2D eigenvalue weighted by Gasteiger charge is 2.08. The van der Waals surface area contributed by atoms with E-state index in [0.29, 0.717) is 0 Å². The molecule has 0 rings (SSSR count). The molecule has 0 saturated heterocycles. The van der Waals surface area contributed by atoms with Gasteiger partial charge in [0.25, 0.3) is 0 Å². The molecule has 11 heavy (non-hydrogen) atoms. The lowest BCUT2D eigenvalue weighted by Gasteiger charge is -1.95. The highest BCUT2D eigenvalue weighted by Crippen LogP contribution is 1.95. The van der Waals surface area contributed by atoms with Gasteiger partial charge in [-0.3, -0.25) is 0 Å². The lowest BCUT2D eigenvalue weighted by molar-refractivity contribution is -0.128. The first kappa shape index (κ1) is 9.90. The summed E-state index contributed by atoms with van der Waals surface area (Å²) >= 11 is 0. The summed E-state index contributed by atoms with van der Waals surface area (Å²) in [7, 11) is -3.84. The SMILES string of the molecule is C=CC(=O)OS(=O)(=O)C=CC. The fourth-order valence-electron chi connectivity index (χ4n) is 0.343. The molecule has 0 aliphatic carbocycles. The van der Waals surface area contributed by atoms with Gasteiger partial charge in [-0.15, -0.1) is 0 Å². The fraction of sp³-hybridized carbons (Fsp3) is 0.167. The van der Waals surface area contributed by atoms with Crippen LogP contribution in [0.25, 0.3) is 0 Å². The van der Waals surface area contributed by atoms with Crippen LogP contribution in [0.5, 0.6) is 0 Å². The number of rotatable bonds is 3. The first-order valence-electron chi connectivity index (χ1n) is 2.75. The second-order valence-electron chi connectivity index (χ2n) is 1.57. The van der Waals surface area contributed by atoms with Gasteiger partial charge < -0.3 is 4.18 Å². The Hall–Kier alpha value is -1.10. The Balaban J connectivity index is 4.38. The van der Waals surface area contributed by atoms with Crippen LogP contribution in [-0.4, -0.2) is 14.4 Å². The molecule has 0 radical (unpaired) electrons. The predicted molar refractivity (Wildman–Crippen MR) is 40.0 cm³/mol. The molecule has 4 nitrogen and oxygen atoms in total. The summed E-state index contributed by atoms with van der Waals surface area (Å²) in [4.78, 5) is 10.3. The van der Waals surface area contributed by atoms with Gasteiger partial charge in [-0.05, 0) is 6.92 Å². The Bertz CT molecular complexity index is 273. The zero-order valence-corrected chi connectivity index (χ0v) is 6.80. The highest BCUT2D eigenvalue weighted by molar-refractivity contribution is 7.90. The predicted octanol–water partition coefficient (Wildman–Crippen LogP) is 0.579. The van der Waals surface area contributed by atoms with Crippen molar-refractivity contribution in [3.8, 4) is 0 Å². The van der Waals surface area contributed by atoms with Crippen LogP contribution in [-0.2, 0) is 19.1 Å². The molecular weight excluding hydrogens is 168 g/mol. The van der Waals surface area contributed by atoms with Crippen LogP contribution in [0.4, 0.5) is 0 Å². The molecule has 62 valence electrons. The van der Waals surface area contributed by atoms with Gasteiger partial charge in [0.1, 0.15) is 0 Å². The van der Waals surface area contributed by atoms with E-state index in [0.717, 1.165) is 11.5 Å². The van der Waals surface area contributed by atoms with Gasteiger partial charge in [-0.2, -0.15) is 8.42 Å². The average molecular weight is 176 g/mol. The molecule has 0 spiro atoms. The largest absolute Gasteiger partial charge is 0.346 e. The summed E-state index contributed by atoms with van der Waals surface area (Å²) in [6.45, 7) is 4.54. The maximum Gasteiger partial charge on any atom is 0.346 e. The van der Waals surface area contributed by atoms with Crippen LogP contribution in [0.2, 0.25) is 0 Å². The molecule has 0 aromatic carbocycles. The Kier molecular flexibility index (Phi) is 3.53. The highest BCUT2D eigenvalue weighted by atomic mass is 32.2. The Labute approximate surface area is 65.3 Å². The van der Waals surface area contributed by atoms with E-state index in [9.17, 15) is 13.2 Å². The molecule has 0 amide bonds. The number of hydrogen-bond acceptors (Lipinski definition) is 4. The second-order valence-corrected chi connectivity index (χ2v) is 2.99. The average Bonchev–Trinajstić information content (AvgIpc) is 1.86. The minimum Gasteiger partial charge on any atom is -0.339 e. The number of hydrogen-bond donors (Lipinski definition) is 0. The maximum absolute atomic E-state index is 10.6. The van der Waals surface area contributed by atoms with Gasteiger partial charge in [-0.25, -0.2) is 4.79 Å². The van der Waals surface area contributed by atoms with Crippen molar-refractivity contribution in [1.29, 1.82) is 0 Å². The molecule has 0 aromatic rings. The van der Waals surface area contributed by atoms with E-state index in [1.807, 2.05) is 0 Å². The lowest BCUT2D eigenvalue weighted by Crippen LogP contribution is -2.07. The standard InChI is InChI=1S/C6H8O4S/c1-3-5-11(8,9)10-6(7)4-2/h3-5H,2H2,1H3. The fourth-order valence-corrected chi connectivity index (χ4v) is 1.03. The molecule has 0 aliphatic heterocycles. The van der Waals surface area contributed by atoms with Crippen molar-refractivity contribution >= 4 is 16.1 Å². The van der Waals surface area contributed by atoms with Gasteiger partial charge in [0.2, 0.25) is 0 Å². The van der Waals surface area contributed by atoms with Crippen LogP contribution in [0.1, 0.15) is 6.92 Å². The van der Waals surface area contributed by atoms with Crippen molar-refractivity contribution in [1.82, 2.24) is 0 Å². The summed E-state index contributed by atoms with van der Waals surface area (Å²) in [5, 5.41) is 0.786. The quantitative estimate of drug-likeness (QED) is 0.466. The maximum atomic E-state index is 10.6. The Morgan fingerprint density at radius 3 is 2.45 bits per heavy atom. The van der Waals surface area contributed by atoms with E-state index < -0.39 is 16.1 Å². The first-order valence-corrected chi connectivity index (χ1v) is 4.22. The van der Waals surface area contributed by atoms with Crippen molar-refractivity contribution < 1.29 is 17.4 Å². The van der Waals surface area contributed by atoms with Crippen LogP contribution < -0.4 is 0 Å². The molecule has 0 atom stereocenters. The van der Waals surface area contributed by atoms with Crippen molar-refractivity contribution in [3.05, 3.63) is 24.1 Å². The number of allylic oxidation sites excluding steroid dienone is 1. The number of carbonyl (C=O) groups excluding carboxylic acids is 1. The Morgan fingerprint density at radius 1 is 1.55 bits per heavy atom. The van der Waals surface area contributed by atoms with Crippen LogP contribution >= 0.6 is 0 Å². The molecule has 0 N–H and O–H groups in total. The van der Waals surface area contributed by atoms with Crippen LogP contribution in [0.3, 0.4) is 0 Å². The van der Waals surface area contributed by atoms with E-state index >= 15 is 0 Å². The molecule has 0 heterocycles. The smallest absolute Gasteiger partial charge is 0.339 e. The normalized spacial score (nSPS) is 11.4. The topological polar surface area (TPSA) is 60.4 Å². The molecule has 0 bridgehead atoms. The van der Waals surface area contributed by atoms with E-state index in [1.54, 1.807) is 0 Å². The van der Waals surface area contributed by atoms with Gasteiger partial charge >= 0.3 is 16.1 Å². The molecule has 0 aromatic heterocycles. The summed E-state index contributed by atoms with van der Waals surface area (Å²) in [5.74, 6) is -0.983. The molecule has 0 unspecified atom stereocenters. The van der Waals surface area contributed by atoms with Gasteiger partial charge in [0.15, 0.2) is 0 Å². The van der Waals surface area contributed by atoms with E-state index in [-0.39, 0.29) is 0 Å². The minimum absolute atomic E-state index is 0.779. The van der Waals surface area contributed by atoms with E-state index in [2.05, 4.69) is 10.8 Å². The third-order valence-electron chi connectivity index (χ3n) is 0.668. The van der Waals surface area contributed by atoms with Crippen molar-refractivity contribution in [2.75, 3.05) is 0 Å². The summed E-state index contributed by atoms with van der Waals surface area (Å²) < 4.78 is 25.2. The van der Waals surface area contributed by atoms with Gasteiger partial charge in [-0.1, -0.05) is 12.7 Å². The number of carbonyl (C=O) groups is 1. The van der Waals surface area contributed by atoms with Gasteiger partial charge in [0.05, 0.1) is 5.41 Å². The first-order chi connectivity index (χ1) is 5.02. The van der Waals surface area contributed by atoms with Gasteiger partial charge in [0, 0.05) is 6.08 Å². The monoisotopic (exact) mass is 176 g/mol. The Morgan fingerprint density at radius 2 is 2.09 bits per heavy atom. The van der Waals surface area contributed by atoms with Crippen molar-refractivity contribution in [2.45, 2.75) is 6.92 Å².